The molecule has 0 spiro atoms. The molecule has 1 aliphatic heterocycles. The van der Waals surface area contributed by atoms with Gasteiger partial charge in [-0.2, -0.15) is 5.10 Å². The Hall–Kier alpha value is -2.28. The van der Waals surface area contributed by atoms with E-state index in [1.54, 1.807) is 17.2 Å². The molecule has 1 atom stereocenters. The molecule has 7 nitrogen and oxygen atoms in total. The number of hydrogen-bond acceptors (Lipinski definition) is 4. The van der Waals surface area contributed by atoms with Crippen LogP contribution in [0.5, 0.6) is 0 Å². The molecule has 0 saturated heterocycles. The second-order valence-electron chi connectivity index (χ2n) is 6.58. The van der Waals surface area contributed by atoms with Crippen molar-refractivity contribution in [3.8, 4) is 0 Å². The fourth-order valence-corrected chi connectivity index (χ4v) is 3.14. The van der Waals surface area contributed by atoms with E-state index < -0.39 is 6.10 Å². The van der Waals surface area contributed by atoms with Gasteiger partial charge in [-0.25, -0.2) is 4.79 Å². The molecule has 2 aromatic rings. The van der Waals surface area contributed by atoms with Crippen LogP contribution in [0.25, 0.3) is 0 Å². The van der Waals surface area contributed by atoms with Crippen molar-refractivity contribution in [2.45, 2.75) is 45.0 Å². The Morgan fingerprint density at radius 1 is 1.46 bits per heavy atom. The number of aliphatic hydroxyl groups excluding tert-OH is 1. The van der Waals surface area contributed by atoms with Gasteiger partial charge in [-0.05, 0) is 43.4 Å². The second-order valence-corrected chi connectivity index (χ2v) is 6.58. The van der Waals surface area contributed by atoms with E-state index in [0.29, 0.717) is 25.6 Å². The smallest absolute Gasteiger partial charge is 0.318 e. The van der Waals surface area contributed by atoms with Gasteiger partial charge in [0.25, 0.3) is 0 Å². The van der Waals surface area contributed by atoms with Gasteiger partial charge in [0.05, 0.1) is 30.7 Å². The van der Waals surface area contributed by atoms with Crippen molar-refractivity contribution in [3.05, 3.63) is 41.6 Å². The number of aliphatic hydroxyl groups is 1. The van der Waals surface area contributed by atoms with Crippen LogP contribution in [0.3, 0.4) is 0 Å². The molecule has 4 rings (SSSR count). The van der Waals surface area contributed by atoms with Gasteiger partial charge in [-0.15, -0.1) is 0 Å². The average Bonchev–Trinajstić information content (AvgIpc) is 3.23. The highest BCUT2D eigenvalue weighted by molar-refractivity contribution is 5.74. The summed E-state index contributed by atoms with van der Waals surface area (Å²) < 4.78 is 7.17. The van der Waals surface area contributed by atoms with Crippen molar-refractivity contribution < 1.29 is 14.3 Å². The van der Waals surface area contributed by atoms with Gasteiger partial charge >= 0.3 is 6.03 Å². The molecule has 0 radical (unpaired) electrons. The van der Waals surface area contributed by atoms with Crippen molar-refractivity contribution in [2.24, 2.45) is 5.92 Å². The summed E-state index contributed by atoms with van der Waals surface area (Å²) in [5.74, 6) is 1.09. The Kier molecular flexibility index (Phi) is 4.02. The van der Waals surface area contributed by atoms with Gasteiger partial charge in [-0.3, -0.25) is 4.68 Å². The van der Waals surface area contributed by atoms with E-state index in [-0.39, 0.29) is 6.03 Å². The van der Waals surface area contributed by atoms with E-state index in [0.717, 1.165) is 43.0 Å². The number of amides is 2. The minimum atomic E-state index is -0.467. The summed E-state index contributed by atoms with van der Waals surface area (Å²) in [6.45, 7) is 2.35. The molecule has 2 amide bonds. The standard InChI is InChI=1S/C17H22N4O3/c22-16(12-4-5-12)15-9-13-11-20(6-2-7-21(13)19-15)17(23)18-10-14-3-1-8-24-14/h1,3,8-9,12,16,22H,2,4-7,10-11H2,(H,18,23)/t16-/m0/s1. The Morgan fingerprint density at radius 2 is 2.33 bits per heavy atom. The molecule has 0 bridgehead atoms. The van der Waals surface area contributed by atoms with E-state index in [2.05, 4.69) is 10.4 Å². The van der Waals surface area contributed by atoms with E-state index in [4.69, 9.17) is 4.42 Å². The lowest BCUT2D eigenvalue weighted by Crippen LogP contribution is -2.39. The molecule has 2 N–H and O–H groups in total. The third-order valence-corrected chi connectivity index (χ3v) is 4.69. The Balaban J connectivity index is 1.42. The van der Waals surface area contributed by atoms with Crippen molar-refractivity contribution >= 4 is 6.03 Å². The zero-order valence-corrected chi connectivity index (χ0v) is 13.5. The number of hydrogen-bond donors (Lipinski definition) is 2. The summed E-state index contributed by atoms with van der Waals surface area (Å²) in [5, 5.41) is 17.7. The maximum absolute atomic E-state index is 12.4. The SMILES string of the molecule is O=C(NCc1ccco1)N1CCCn2nc([C@@H](O)C3CC3)cc2C1. The van der Waals surface area contributed by atoms with Crippen molar-refractivity contribution in [3.63, 3.8) is 0 Å². The molecule has 1 saturated carbocycles. The molecule has 128 valence electrons. The minimum absolute atomic E-state index is 0.106. The third-order valence-electron chi connectivity index (χ3n) is 4.69. The van der Waals surface area contributed by atoms with Crippen LogP contribution in [0.1, 0.15) is 42.5 Å². The highest BCUT2D eigenvalue weighted by atomic mass is 16.3. The number of fused-ring (bicyclic) bond motifs is 1. The predicted molar refractivity (Wildman–Crippen MR) is 85.9 cm³/mol. The molecule has 2 aromatic heterocycles. The van der Waals surface area contributed by atoms with Crippen LogP contribution in [0.2, 0.25) is 0 Å². The summed E-state index contributed by atoms with van der Waals surface area (Å²) in [4.78, 5) is 14.2. The molecule has 3 heterocycles. The summed E-state index contributed by atoms with van der Waals surface area (Å²) in [7, 11) is 0. The number of nitrogens with zero attached hydrogens (tertiary/aromatic N) is 3. The summed E-state index contributed by atoms with van der Waals surface area (Å²) in [6, 6.07) is 5.48. The fourth-order valence-electron chi connectivity index (χ4n) is 3.14. The normalized spacial score (nSPS) is 18.8. The van der Waals surface area contributed by atoms with Gasteiger partial charge in [-0.1, -0.05) is 0 Å². The number of rotatable bonds is 4. The van der Waals surface area contributed by atoms with Gasteiger partial charge in [0, 0.05) is 13.1 Å². The number of nitrogens with one attached hydrogen (secondary N) is 1. The lowest BCUT2D eigenvalue weighted by atomic mass is 10.1. The molecule has 24 heavy (non-hydrogen) atoms. The second kappa shape index (κ2) is 6.32. The van der Waals surface area contributed by atoms with E-state index in [1.165, 1.54) is 0 Å². The van der Waals surface area contributed by atoms with E-state index in [9.17, 15) is 9.90 Å². The van der Waals surface area contributed by atoms with Crippen molar-refractivity contribution in [1.29, 1.82) is 0 Å². The summed E-state index contributed by atoms with van der Waals surface area (Å²) >= 11 is 0. The fraction of sp³-hybridized carbons (Fsp3) is 0.529. The number of carbonyl (C=O) groups excluding carboxylic acids is 1. The first-order valence-electron chi connectivity index (χ1n) is 8.50. The Labute approximate surface area is 140 Å². The molecule has 0 aromatic carbocycles. The number of aromatic nitrogens is 2. The first-order valence-corrected chi connectivity index (χ1v) is 8.50. The molecule has 1 aliphatic carbocycles. The summed E-state index contributed by atoms with van der Waals surface area (Å²) in [6.07, 6.45) is 4.13. The van der Waals surface area contributed by atoms with Gasteiger partial charge in [0.1, 0.15) is 11.9 Å². The largest absolute Gasteiger partial charge is 0.467 e. The average molecular weight is 330 g/mol. The zero-order chi connectivity index (χ0) is 16.5. The maximum Gasteiger partial charge on any atom is 0.318 e. The highest BCUT2D eigenvalue weighted by Crippen LogP contribution is 2.40. The van der Waals surface area contributed by atoms with Gasteiger partial charge in [0.2, 0.25) is 0 Å². The van der Waals surface area contributed by atoms with Crippen molar-refractivity contribution in [2.75, 3.05) is 6.54 Å². The monoisotopic (exact) mass is 330 g/mol. The number of aryl methyl sites for hydroxylation is 1. The van der Waals surface area contributed by atoms with Crippen LogP contribution in [0, 0.1) is 5.92 Å². The molecule has 2 aliphatic rings. The van der Waals surface area contributed by atoms with Crippen LogP contribution in [-0.4, -0.2) is 32.4 Å². The first-order chi connectivity index (χ1) is 11.7. The Bertz CT molecular complexity index is 705. The van der Waals surface area contributed by atoms with Gasteiger partial charge < -0.3 is 19.7 Å². The van der Waals surface area contributed by atoms with Crippen LogP contribution < -0.4 is 5.32 Å². The van der Waals surface area contributed by atoms with E-state index >= 15 is 0 Å². The quantitative estimate of drug-likeness (QED) is 0.898. The van der Waals surface area contributed by atoms with Crippen LogP contribution in [-0.2, 0) is 19.6 Å². The van der Waals surface area contributed by atoms with Crippen LogP contribution >= 0.6 is 0 Å². The molecule has 0 unspecified atom stereocenters. The predicted octanol–water partition coefficient (Wildman–Crippen LogP) is 2.04. The third kappa shape index (κ3) is 3.17. The number of furan rings is 1. The Morgan fingerprint density at radius 3 is 3.08 bits per heavy atom. The van der Waals surface area contributed by atoms with E-state index in [1.807, 2.05) is 16.8 Å². The first kappa shape index (κ1) is 15.3. The number of urea groups is 1. The number of carbonyl (C=O) groups is 1. The molecular formula is C17H22N4O3. The lowest BCUT2D eigenvalue weighted by Gasteiger charge is -2.20. The van der Waals surface area contributed by atoms with Crippen LogP contribution in [0.4, 0.5) is 4.79 Å². The molecular weight excluding hydrogens is 308 g/mol. The van der Waals surface area contributed by atoms with Crippen LogP contribution in [0.15, 0.2) is 28.9 Å². The van der Waals surface area contributed by atoms with Crippen molar-refractivity contribution in [1.82, 2.24) is 20.0 Å². The molecule has 7 heteroatoms. The topological polar surface area (TPSA) is 83.5 Å². The summed E-state index contributed by atoms with van der Waals surface area (Å²) in [5.41, 5.74) is 1.72. The highest BCUT2D eigenvalue weighted by Gasteiger charge is 2.33. The molecule has 1 fully saturated rings. The lowest BCUT2D eigenvalue weighted by molar-refractivity contribution is 0.148. The minimum Gasteiger partial charge on any atom is -0.467 e. The van der Waals surface area contributed by atoms with Gasteiger partial charge in [0.15, 0.2) is 0 Å². The zero-order valence-electron chi connectivity index (χ0n) is 13.5. The maximum atomic E-state index is 12.4.